The van der Waals surface area contributed by atoms with Gasteiger partial charge in [-0.3, -0.25) is 20.8 Å². The minimum absolute atomic E-state index is 0.0127. The Balaban J connectivity index is 1.99. The highest BCUT2D eigenvalue weighted by Gasteiger charge is 2.19. The average Bonchev–Trinajstić information content (AvgIpc) is 3.04. The molecule has 10 heteroatoms. The lowest BCUT2D eigenvalue weighted by molar-refractivity contribution is -0.383. The topological polar surface area (TPSA) is 127 Å². The lowest BCUT2D eigenvalue weighted by Crippen LogP contribution is -2.21. The van der Waals surface area contributed by atoms with Gasteiger partial charge in [-0.15, -0.1) is 0 Å². The summed E-state index contributed by atoms with van der Waals surface area (Å²) < 4.78 is 4.57. The smallest absolute Gasteiger partial charge is 0.290 e. The maximum absolute atomic E-state index is 11.0. The van der Waals surface area contributed by atoms with Crippen molar-refractivity contribution in [2.45, 2.75) is 6.42 Å². The molecule has 0 bridgehead atoms. The summed E-state index contributed by atoms with van der Waals surface area (Å²) in [4.78, 5) is 14.6. The van der Waals surface area contributed by atoms with E-state index in [1.54, 1.807) is 18.2 Å². The van der Waals surface area contributed by atoms with Crippen LogP contribution in [0.5, 0.6) is 0 Å². The molecule has 1 aromatic heterocycles. The van der Waals surface area contributed by atoms with Crippen LogP contribution in [0, 0.1) is 10.1 Å². The number of nitrogens with zero attached hydrogens (tertiary/aromatic N) is 4. The van der Waals surface area contributed by atoms with E-state index in [-0.39, 0.29) is 34.7 Å². The van der Waals surface area contributed by atoms with Gasteiger partial charge in [-0.25, -0.2) is 9.62 Å². The number of amidine groups is 1. The first kappa shape index (κ1) is 15.8. The number of nitro groups is 1. The zero-order valence-electron chi connectivity index (χ0n) is 12.0. The van der Waals surface area contributed by atoms with Crippen LogP contribution in [0.1, 0.15) is 5.56 Å². The molecule has 2 aromatic carbocycles. The fourth-order valence-corrected chi connectivity index (χ4v) is 2.38. The first-order valence-corrected chi connectivity index (χ1v) is 7.08. The molecule has 1 heterocycles. The van der Waals surface area contributed by atoms with Crippen LogP contribution >= 0.6 is 11.6 Å². The van der Waals surface area contributed by atoms with Gasteiger partial charge in [0.05, 0.1) is 10.6 Å². The molecule has 3 aromatic rings. The number of hydrogen-bond acceptors (Lipinski definition) is 7. The second-order valence-corrected chi connectivity index (χ2v) is 5.24. The number of nitro benzene ring substituents is 1. The number of aliphatic imine (C=N–C) groups is 1. The van der Waals surface area contributed by atoms with Gasteiger partial charge in [-0.1, -0.05) is 23.7 Å². The molecule has 0 unspecified atom stereocenters. The number of benzene rings is 2. The molecule has 24 heavy (non-hydrogen) atoms. The number of halogens is 1. The largest absolute Gasteiger partial charge is 0.300 e. The summed E-state index contributed by atoms with van der Waals surface area (Å²) >= 11 is 5.92. The fourth-order valence-electron chi connectivity index (χ4n) is 2.17. The molecule has 0 aliphatic heterocycles. The van der Waals surface area contributed by atoms with Crippen molar-refractivity contribution < 1.29 is 14.8 Å². The van der Waals surface area contributed by atoms with E-state index in [2.05, 4.69) is 19.9 Å². The van der Waals surface area contributed by atoms with E-state index < -0.39 is 4.92 Å². The number of rotatable bonds is 4. The van der Waals surface area contributed by atoms with Crippen molar-refractivity contribution in [3.05, 3.63) is 57.1 Å². The molecule has 122 valence electrons. The Hall–Kier alpha value is -3.04. The summed E-state index contributed by atoms with van der Waals surface area (Å²) in [6.45, 7) is 0. The predicted octanol–water partition coefficient (Wildman–Crippen LogP) is 3.04. The molecule has 9 nitrogen and oxygen atoms in total. The van der Waals surface area contributed by atoms with Gasteiger partial charge in [0, 0.05) is 17.5 Å². The molecular formula is C14H10ClN5O4. The zero-order chi connectivity index (χ0) is 17.1. The highest BCUT2D eigenvalue weighted by atomic mass is 35.5. The summed E-state index contributed by atoms with van der Waals surface area (Å²) in [7, 11) is 0. The molecule has 3 rings (SSSR count). The van der Waals surface area contributed by atoms with Crippen LogP contribution in [-0.2, 0) is 6.42 Å². The highest BCUT2D eigenvalue weighted by molar-refractivity contribution is 6.30. The van der Waals surface area contributed by atoms with Crippen LogP contribution < -0.4 is 5.48 Å². The molecule has 0 aliphatic rings. The lowest BCUT2D eigenvalue weighted by Gasteiger charge is -2.06. The number of nitrogens with one attached hydrogen (secondary N) is 1. The third-order valence-corrected chi connectivity index (χ3v) is 3.45. The summed E-state index contributed by atoms with van der Waals surface area (Å²) in [5, 5.41) is 28.0. The van der Waals surface area contributed by atoms with Crippen molar-refractivity contribution in [3.63, 3.8) is 0 Å². The number of hydroxylamine groups is 1. The second kappa shape index (κ2) is 6.60. The van der Waals surface area contributed by atoms with Gasteiger partial charge in [-0.05, 0) is 34.1 Å². The van der Waals surface area contributed by atoms with Crippen LogP contribution in [0.4, 0.5) is 11.4 Å². The first-order chi connectivity index (χ1) is 11.6. The van der Waals surface area contributed by atoms with Crippen LogP contribution in [0.3, 0.4) is 0 Å². The van der Waals surface area contributed by atoms with Crippen molar-refractivity contribution in [3.8, 4) is 0 Å². The lowest BCUT2D eigenvalue weighted by atomic mass is 10.1. The maximum atomic E-state index is 11.0. The first-order valence-electron chi connectivity index (χ1n) is 6.70. The summed E-state index contributed by atoms with van der Waals surface area (Å²) in [5.74, 6) is 0.204. The molecule has 0 saturated heterocycles. The van der Waals surface area contributed by atoms with Crippen molar-refractivity contribution in [1.29, 1.82) is 0 Å². The summed E-state index contributed by atoms with van der Waals surface area (Å²) in [6, 6.07) is 9.71. The minimum Gasteiger partial charge on any atom is -0.290 e. The third-order valence-electron chi connectivity index (χ3n) is 3.21. The van der Waals surface area contributed by atoms with Gasteiger partial charge in [0.1, 0.15) is 5.84 Å². The quantitative estimate of drug-likeness (QED) is 0.321. The molecule has 0 fully saturated rings. The Morgan fingerprint density at radius 2 is 2.12 bits per heavy atom. The van der Waals surface area contributed by atoms with Gasteiger partial charge in [-0.2, -0.15) is 0 Å². The van der Waals surface area contributed by atoms with Gasteiger partial charge >= 0.3 is 5.69 Å². The predicted molar refractivity (Wildman–Crippen MR) is 85.6 cm³/mol. The molecule has 0 amide bonds. The van der Waals surface area contributed by atoms with E-state index in [1.165, 1.54) is 12.1 Å². The molecule has 0 atom stereocenters. The van der Waals surface area contributed by atoms with Crippen LogP contribution in [0.15, 0.2) is 46.0 Å². The number of fused-ring (bicyclic) bond motifs is 1. The maximum Gasteiger partial charge on any atom is 0.300 e. The van der Waals surface area contributed by atoms with E-state index in [0.717, 1.165) is 5.56 Å². The zero-order valence-corrected chi connectivity index (χ0v) is 12.8. The van der Waals surface area contributed by atoms with Crippen LogP contribution in [0.25, 0.3) is 11.0 Å². The van der Waals surface area contributed by atoms with Gasteiger partial charge < -0.3 is 0 Å². The van der Waals surface area contributed by atoms with Crippen LogP contribution in [-0.4, -0.2) is 26.3 Å². The Bertz CT molecular complexity index is 940. The van der Waals surface area contributed by atoms with E-state index in [9.17, 15) is 15.3 Å². The Kier molecular flexibility index (Phi) is 4.36. The standard InChI is InChI=1S/C14H10ClN5O4/c15-9-3-1-2-8(6-9)7-12(17-21)16-10-4-5-11(20(22)23)14-13(10)18-24-19-14/h1-6,21H,7H2,(H,16,17). The molecule has 0 saturated carbocycles. The summed E-state index contributed by atoms with van der Waals surface area (Å²) in [5.41, 5.74) is 2.98. The fraction of sp³-hybridized carbons (Fsp3) is 0.0714. The van der Waals surface area contributed by atoms with E-state index in [0.29, 0.717) is 5.02 Å². The normalized spacial score (nSPS) is 11.7. The molecule has 0 aliphatic carbocycles. The van der Waals surface area contributed by atoms with E-state index in [1.807, 2.05) is 11.5 Å². The summed E-state index contributed by atoms with van der Waals surface area (Å²) in [6.07, 6.45) is 0.265. The third kappa shape index (κ3) is 3.16. The Labute approximate surface area is 139 Å². The van der Waals surface area contributed by atoms with E-state index in [4.69, 9.17) is 11.6 Å². The number of aromatic nitrogens is 2. The van der Waals surface area contributed by atoms with Crippen molar-refractivity contribution in [1.82, 2.24) is 15.8 Å². The molecule has 2 N–H and O–H groups in total. The van der Waals surface area contributed by atoms with Crippen molar-refractivity contribution >= 4 is 39.8 Å². The van der Waals surface area contributed by atoms with Crippen molar-refractivity contribution in [2.24, 2.45) is 4.99 Å². The van der Waals surface area contributed by atoms with Crippen LogP contribution in [0.2, 0.25) is 5.02 Å². The monoisotopic (exact) mass is 347 g/mol. The van der Waals surface area contributed by atoms with Crippen molar-refractivity contribution in [2.75, 3.05) is 0 Å². The van der Waals surface area contributed by atoms with Gasteiger partial charge in [0.15, 0.2) is 5.52 Å². The molecular weight excluding hydrogens is 338 g/mol. The number of non-ortho nitro benzene ring substituents is 1. The Morgan fingerprint density at radius 1 is 1.33 bits per heavy atom. The number of hydrogen-bond donors (Lipinski definition) is 2. The van der Waals surface area contributed by atoms with Gasteiger partial charge in [0.2, 0.25) is 5.52 Å². The van der Waals surface area contributed by atoms with E-state index >= 15 is 0 Å². The molecule has 0 radical (unpaired) electrons. The Morgan fingerprint density at radius 3 is 2.83 bits per heavy atom. The van der Waals surface area contributed by atoms with Gasteiger partial charge in [0.25, 0.3) is 0 Å². The minimum atomic E-state index is -0.586. The second-order valence-electron chi connectivity index (χ2n) is 4.80. The molecule has 0 spiro atoms. The SMILES string of the molecule is O=[N+]([O-])c1ccc(N=C(Cc2cccc(Cl)c2)NO)c2nonc12. The highest BCUT2D eigenvalue weighted by Crippen LogP contribution is 2.30. The average molecular weight is 348 g/mol.